The summed E-state index contributed by atoms with van der Waals surface area (Å²) >= 11 is 1.42. The zero-order valence-electron chi connectivity index (χ0n) is 14.9. The van der Waals surface area contributed by atoms with Gasteiger partial charge in [0, 0.05) is 23.3 Å². The van der Waals surface area contributed by atoms with Crippen molar-refractivity contribution in [2.75, 3.05) is 5.32 Å². The van der Waals surface area contributed by atoms with E-state index in [1.54, 1.807) is 23.1 Å². The van der Waals surface area contributed by atoms with Gasteiger partial charge in [-0.15, -0.1) is 11.3 Å². The highest BCUT2D eigenvalue weighted by Crippen LogP contribution is 2.28. The largest absolute Gasteiger partial charge is 0.300 e. The van der Waals surface area contributed by atoms with Gasteiger partial charge in [-0.25, -0.2) is 4.98 Å². The summed E-state index contributed by atoms with van der Waals surface area (Å²) in [4.78, 5) is 16.8. The van der Waals surface area contributed by atoms with E-state index in [9.17, 15) is 4.79 Å². The van der Waals surface area contributed by atoms with Crippen LogP contribution in [0.5, 0.6) is 0 Å². The number of hydrogen-bond acceptors (Lipinski definition) is 4. The summed E-state index contributed by atoms with van der Waals surface area (Å²) in [6, 6.07) is 9.83. The molecule has 1 N–H and O–H groups in total. The molecule has 1 atom stereocenters. The molecular weight excluding hydrogens is 332 g/mol. The van der Waals surface area contributed by atoms with Gasteiger partial charge in [0.2, 0.25) is 0 Å². The highest BCUT2D eigenvalue weighted by molar-refractivity contribution is 7.14. The van der Waals surface area contributed by atoms with Crippen molar-refractivity contribution < 1.29 is 4.79 Å². The lowest BCUT2D eigenvalue weighted by molar-refractivity contribution is -0.119. The van der Waals surface area contributed by atoms with Crippen LogP contribution >= 0.6 is 11.3 Å². The summed E-state index contributed by atoms with van der Waals surface area (Å²) in [7, 11) is 0. The number of carbonyl (C=O) groups excluding carboxylic acids is 1. The number of benzene rings is 1. The molecule has 130 valence electrons. The van der Waals surface area contributed by atoms with E-state index < -0.39 is 0 Å². The third-order valence-corrected chi connectivity index (χ3v) is 4.84. The molecule has 0 spiro atoms. The van der Waals surface area contributed by atoms with Crippen molar-refractivity contribution in [3.8, 4) is 11.3 Å². The number of rotatable bonds is 4. The van der Waals surface area contributed by atoms with Crippen molar-refractivity contribution in [2.45, 2.75) is 39.2 Å². The normalized spacial score (nSPS) is 12.8. The molecule has 0 saturated heterocycles. The lowest BCUT2D eigenvalue weighted by Crippen LogP contribution is -2.23. The van der Waals surface area contributed by atoms with Crippen LogP contribution in [0.1, 0.15) is 39.3 Å². The molecule has 6 heteroatoms. The Hall–Kier alpha value is -2.47. The molecule has 5 nitrogen and oxygen atoms in total. The second-order valence-corrected chi connectivity index (χ2v) is 7.87. The number of anilines is 1. The molecule has 25 heavy (non-hydrogen) atoms. The first-order chi connectivity index (χ1) is 11.8. The van der Waals surface area contributed by atoms with Crippen LogP contribution in [0.25, 0.3) is 11.3 Å². The van der Waals surface area contributed by atoms with Crippen molar-refractivity contribution in [1.29, 1.82) is 0 Å². The Morgan fingerprint density at radius 1 is 1.24 bits per heavy atom. The lowest BCUT2D eigenvalue weighted by atomic mass is 9.86. The fourth-order valence-electron chi connectivity index (χ4n) is 2.44. The van der Waals surface area contributed by atoms with Gasteiger partial charge >= 0.3 is 0 Å². The molecule has 1 unspecified atom stereocenters. The second kappa shape index (κ2) is 6.80. The monoisotopic (exact) mass is 354 g/mol. The van der Waals surface area contributed by atoms with Gasteiger partial charge < -0.3 is 5.32 Å². The molecule has 0 aliphatic heterocycles. The molecule has 0 saturated carbocycles. The van der Waals surface area contributed by atoms with Crippen molar-refractivity contribution >= 4 is 22.4 Å². The summed E-state index contributed by atoms with van der Waals surface area (Å²) in [5.41, 5.74) is 3.33. The highest BCUT2D eigenvalue weighted by atomic mass is 32.1. The Balaban J connectivity index is 1.71. The molecule has 2 aromatic heterocycles. The van der Waals surface area contributed by atoms with Gasteiger partial charge in [-0.1, -0.05) is 45.0 Å². The Labute approximate surface area is 151 Å². The average Bonchev–Trinajstić information content (AvgIpc) is 3.25. The van der Waals surface area contributed by atoms with Crippen LogP contribution < -0.4 is 5.32 Å². The number of carbonyl (C=O) groups is 1. The van der Waals surface area contributed by atoms with Gasteiger partial charge in [0.15, 0.2) is 5.13 Å². The maximum atomic E-state index is 12.3. The minimum Gasteiger partial charge on any atom is -0.300 e. The molecule has 3 rings (SSSR count). The van der Waals surface area contributed by atoms with Crippen LogP contribution in [-0.2, 0) is 10.2 Å². The van der Waals surface area contributed by atoms with Crippen LogP contribution in [0, 0.1) is 0 Å². The van der Waals surface area contributed by atoms with Crippen molar-refractivity contribution in [3.05, 3.63) is 53.7 Å². The molecule has 1 aromatic carbocycles. The maximum absolute atomic E-state index is 12.3. The number of nitrogens with one attached hydrogen (secondary N) is 1. The van der Waals surface area contributed by atoms with Crippen LogP contribution in [0.2, 0.25) is 0 Å². The lowest BCUT2D eigenvalue weighted by Gasteiger charge is -2.18. The molecule has 0 aliphatic rings. The van der Waals surface area contributed by atoms with E-state index in [0.717, 1.165) is 11.3 Å². The predicted octanol–water partition coefficient (Wildman–Crippen LogP) is 4.50. The summed E-state index contributed by atoms with van der Waals surface area (Å²) in [5.74, 6) is -0.132. The van der Waals surface area contributed by atoms with E-state index in [-0.39, 0.29) is 17.4 Å². The quantitative estimate of drug-likeness (QED) is 0.750. The van der Waals surface area contributed by atoms with Gasteiger partial charge in [0.25, 0.3) is 5.91 Å². The Morgan fingerprint density at radius 2 is 1.96 bits per heavy atom. The second-order valence-electron chi connectivity index (χ2n) is 7.02. The Morgan fingerprint density at radius 3 is 2.56 bits per heavy atom. The topological polar surface area (TPSA) is 59.8 Å². The summed E-state index contributed by atoms with van der Waals surface area (Å²) in [5, 5.41) is 9.52. The molecular formula is C19H22N4OS. The van der Waals surface area contributed by atoms with E-state index >= 15 is 0 Å². The molecule has 0 fully saturated rings. The fraction of sp³-hybridized carbons (Fsp3) is 0.316. The first kappa shape index (κ1) is 17.4. The summed E-state index contributed by atoms with van der Waals surface area (Å²) in [6.45, 7) is 8.39. The van der Waals surface area contributed by atoms with Crippen LogP contribution in [0.15, 0.2) is 48.1 Å². The van der Waals surface area contributed by atoms with Crippen molar-refractivity contribution in [2.24, 2.45) is 0 Å². The number of nitrogens with zero attached hydrogens (tertiary/aromatic N) is 3. The first-order valence-corrected chi connectivity index (χ1v) is 9.09. The number of hydrogen-bond donors (Lipinski definition) is 1. The van der Waals surface area contributed by atoms with Crippen LogP contribution in [0.3, 0.4) is 0 Å². The van der Waals surface area contributed by atoms with E-state index in [2.05, 4.69) is 60.4 Å². The molecule has 0 aliphatic carbocycles. The minimum absolute atomic E-state index is 0.127. The minimum atomic E-state index is -0.381. The van der Waals surface area contributed by atoms with Crippen molar-refractivity contribution in [1.82, 2.24) is 14.8 Å². The molecule has 3 aromatic rings. The molecule has 1 amide bonds. The number of thiazole rings is 1. The number of aromatic nitrogens is 3. The van der Waals surface area contributed by atoms with Crippen LogP contribution in [0.4, 0.5) is 5.13 Å². The third-order valence-electron chi connectivity index (χ3n) is 4.08. The van der Waals surface area contributed by atoms with E-state index in [0.29, 0.717) is 5.13 Å². The summed E-state index contributed by atoms with van der Waals surface area (Å²) in [6.07, 6.45) is 3.43. The zero-order chi connectivity index (χ0) is 18.0. The molecule has 0 bridgehead atoms. The van der Waals surface area contributed by atoms with E-state index in [1.807, 2.05) is 12.3 Å². The maximum Gasteiger partial charge on any atom is 0.250 e. The van der Waals surface area contributed by atoms with Gasteiger partial charge in [0.05, 0.1) is 5.69 Å². The third kappa shape index (κ3) is 3.96. The predicted molar refractivity (Wildman–Crippen MR) is 102 cm³/mol. The van der Waals surface area contributed by atoms with Gasteiger partial charge in [-0.05, 0) is 24.0 Å². The van der Waals surface area contributed by atoms with Gasteiger partial charge in [-0.3, -0.25) is 9.48 Å². The van der Waals surface area contributed by atoms with Gasteiger partial charge in [0.1, 0.15) is 6.04 Å². The van der Waals surface area contributed by atoms with Crippen LogP contribution in [-0.4, -0.2) is 20.7 Å². The van der Waals surface area contributed by atoms with Crippen molar-refractivity contribution in [3.63, 3.8) is 0 Å². The zero-order valence-corrected chi connectivity index (χ0v) is 15.7. The fourth-order valence-corrected chi connectivity index (χ4v) is 3.17. The SMILES string of the molecule is CC(C(=O)Nc1nc(-c2ccc(C(C)(C)C)cc2)cs1)n1cccn1. The van der Waals surface area contributed by atoms with E-state index in [4.69, 9.17) is 0 Å². The smallest absolute Gasteiger partial charge is 0.250 e. The number of amides is 1. The Kier molecular flexibility index (Phi) is 4.72. The molecule has 0 radical (unpaired) electrons. The standard InChI is InChI=1S/C19H22N4OS/c1-13(23-11-5-10-20-23)17(24)22-18-21-16(12-25-18)14-6-8-15(9-7-14)19(2,3)4/h5-13H,1-4H3,(H,21,22,24). The first-order valence-electron chi connectivity index (χ1n) is 8.21. The van der Waals surface area contributed by atoms with E-state index in [1.165, 1.54) is 16.9 Å². The average molecular weight is 354 g/mol. The van der Waals surface area contributed by atoms with Gasteiger partial charge in [-0.2, -0.15) is 5.10 Å². The Bertz CT molecular complexity index is 844. The summed E-state index contributed by atoms with van der Waals surface area (Å²) < 4.78 is 1.62. The molecule has 2 heterocycles. The highest BCUT2D eigenvalue weighted by Gasteiger charge is 2.17.